The summed E-state index contributed by atoms with van der Waals surface area (Å²) < 4.78 is 5.68. The number of anilines is 1. The van der Waals surface area contributed by atoms with E-state index in [1.54, 1.807) is 25.1 Å². The summed E-state index contributed by atoms with van der Waals surface area (Å²) >= 11 is 6.57. The molecule has 1 aromatic rings. The van der Waals surface area contributed by atoms with Crippen LogP contribution in [-0.4, -0.2) is 18.8 Å². The third-order valence-electron chi connectivity index (χ3n) is 2.30. The first-order valence-corrected chi connectivity index (χ1v) is 6.75. The number of hydrazone groups is 1. The molecule has 0 unspecified atom stereocenters. The normalized spacial score (nSPS) is 9.10. The third kappa shape index (κ3) is 3.35. The summed E-state index contributed by atoms with van der Waals surface area (Å²) in [5.41, 5.74) is 3.79. The highest BCUT2D eigenvalue weighted by molar-refractivity contribution is 9.11. The Kier molecular flexibility index (Phi) is 5.68. The number of carbonyl (C=O) groups is 1. The van der Waals surface area contributed by atoms with Crippen LogP contribution < -0.4 is 5.43 Å². The van der Waals surface area contributed by atoms with Gasteiger partial charge in [0.25, 0.3) is 0 Å². The number of methoxy groups -OCH3 is 1. The Hall–Kier alpha value is -1.90. The van der Waals surface area contributed by atoms with E-state index in [4.69, 9.17) is 15.3 Å². The molecule has 0 radical (unpaired) electrons. The average Bonchev–Trinajstić information content (AvgIpc) is 2.42. The predicted molar refractivity (Wildman–Crippen MR) is 80.2 cm³/mol. The Morgan fingerprint density at radius 1 is 1.40 bits per heavy atom. The summed E-state index contributed by atoms with van der Waals surface area (Å²) in [6, 6.07) is 4.96. The van der Waals surface area contributed by atoms with Gasteiger partial charge in [0.1, 0.15) is 12.1 Å². The fourth-order valence-corrected chi connectivity index (χ4v) is 3.10. The quantitative estimate of drug-likeness (QED) is 0.478. The summed E-state index contributed by atoms with van der Waals surface area (Å²) in [4.78, 5) is 11.7. The number of halogens is 2. The summed E-state index contributed by atoms with van der Waals surface area (Å²) in [6.07, 6.45) is 0. The number of esters is 1. The van der Waals surface area contributed by atoms with Crippen LogP contribution in [0, 0.1) is 29.6 Å². The number of aryl methyl sites for hydroxylation is 1. The zero-order valence-corrected chi connectivity index (χ0v) is 13.7. The highest BCUT2D eigenvalue weighted by Crippen LogP contribution is 2.35. The van der Waals surface area contributed by atoms with Gasteiger partial charge in [0, 0.05) is 4.47 Å². The summed E-state index contributed by atoms with van der Waals surface area (Å²) in [5, 5.41) is 20.9. The van der Waals surface area contributed by atoms with Gasteiger partial charge in [-0.15, -0.1) is 0 Å². The maximum Gasteiger partial charge on any atom is 0.340 e. The molecule has 102 valence electrons. The Balaban J connectivity index is 3.36. The summed E-state index contributed by atoms with van der Waals surface area (Å²) in [5.74, 6) is -0.531. The molecule has 0 heterocycles. The van der Waals surface area contributed by atoms with E-state index in [1.165, 1.54) is 7.11 Å². The van der Waals surface area contributed by atoms with Crippen molar-refractivity contribution in [2.75, 3.05) is 12.5 Å². The van der Waals surface area contributed by atoms with Crippen molar-refractivity contribution in [3.63, 3.8) is 0 Å². The number of carbonyl (C=O) groups excluding carboxylic acids is 1. The van der Waals surface area contributed by atoms with Crippen molar-refractivity contribution in [3.8, 4) is 12.1 Å². The Labute approximate surface area is 132 Å². The highest BCUT2D eigenvalue weighted by Gasteiger charge is 2.19. The van der Waals surface area contributed by atoms with Crippen LogP contribution in [0.4, 0.5) is 5.69 Å². The standard InChI is InChI=1S/C12H8Br2N4O2/c1-6-3-8(13)9(12(19)20-2)10(14)11(6)18-17-7(4-15)5-16/h3,18H,1-2H3. The number of nitrogens with one attached hydrogen (secondary N) is 1. The lowest BCUT2D eigenvalue weighted by Gasteiger charge is -2.13. The van der Waals surface area contributed by atoms with E-state index in [-0.39, 0.29) is 11.3 Å². The Bertz CT molecular complexity index is 656. The van der Waals surface area contributed by atoms with Gasteiger partial charge in [-0.1, -0.05) is 0 Å². The van der Waals surface area contributed by atoms with Crippen molar-refractivity contribution in [1.82, 2.24) is 0 Å². The molecular formula is C12H8Br2N4O2. The smallest absolute Gasteiger partial charge is 0.340 e. The van der Waals surface area contributed by atoms with E-state index in [9.17, 15) is 4.79 Å². The molecule has 6 nitrogen and oxygen atoms in total. The Morgan fingerprint density at radius 3 is 2.50 bits per heavy atom. The summed E-state index contributed by atoms with van der Waals surface area (Å²) in [7, 11) is 1.27. The molecule has 0 bridgehead atoms. The van der Waals surface area contributed by atoms with Crippen molar-refractivity contribution in [3.05, 3.63) is 26.1 Å². The molecule has 0 saturated carbocycles. The van der Waals surface area contributed by atoms with Crippen LogP contribution in [0.2, 0.25) is 0 Å². The molecule has 0 aromatic heterocycles. The van der Waals surface area contributed by atoms with E-state index in [1.807, 2.05) is 0 Å². The molecule has 20 heavy (non-hydrogen) atoms. The second kappa shape index (κ2) is 7.04. The lowest BCUT2D eigenvalue weighted by Crippen LogP contribution is -2.07. The lowest BCUT2D eigenvalue weighted by molar-refractivity contribution is 0.0598. The van der Waals surface area contributed by atoms with E-state index < -0.39 is 5.97 Å². The minimum Gasteiger partial charge on any atom is -0.465 e. The maximum atomic E-state index is 11.7. The van der Waals surface area contributed by atoms with Crippen LogP contribution in [0.5, 0.6) is 0 Å². The number of ether oxygens (including phenoxy) is 1. The number of nitrogens with zero attached hydrogens (tertiary/aromatic N) is 3. The van der Waals surface area contributed by atoms with Crippen LogP contribution in [0.25, 0.3) is 0 Å². The van der Waals surface area contributed by atoms with Crippen LogP contribution in [0.15, 0.2) is 20.1 Å². The van der Waals surface area contributed by atoms with Gasteiger partial charge in [0.05, 0.1) is 22.8 Å². The molecule has 0 fully saturated rings. The minimum absolute atomic E-state index is 0.284. The molecule has 0 saturated heterocycles. The molecule has 0 aliphatic carbocycles. The van der Waals surface area contributed by atoms with Gasteiger partial charge in [0.15, 0.2) is 0 Å². The monoisotopic (exact) mass is 398 g/mol. The zero-order valence-electron chi connectivity index (χ0n) is 10.5. The molecule has 1 aromatic carbocycles. The number of hydrogen-bond donors (Lipinski definition) is 1. The first kappa shape index (κ1) is 16.2. The average molecular weight is 400 g/mol. The second-order valence-corrected chi connectivity index (χ2v) is 5.17. The number of rotatable bonds is 3. The topological polar surface area (TPSA) is 98.3 Å². The molecule has 0 atom stereocenters. The number of hydrogen-bond acceptors (Lipinski definition) is 6. The zero-order chi connectivity index (χ0) is 15.3. The molecule has 0 aliphatic heterocycles. The third-order valence-corrected chi connectivity index (χ3v) is 3.71. The van der Waals surface area contributed by atoms with Gasteiger partial charge in [-0.2, -0.15) is 15.6 Å². The van der Waals surface area contributed by atoms with Crippen molar-refractivity contribution in [2.45, 2.75) is 6.92 Å². The van der Waals surface area contributed by atoms with Crippen LogP contribution in [0.3, 0.4) is 0 Å². The van der Waals surface area contributed by atoms with Crippen molar-refractivity contribution in [1.29, 1.82) is 10.5 Å². The van der Waals surface area contributed by atoms with Gasteiger partial charge < -0.3 is 4.74 Å². The van der Waals surface area contributed by atoms with E-state index in [0.717, 1.165) is 5.56 Å². The van der Waals surface area contributed by atoms with Gasteiger partial charge in [-0.3, -0.25) is 5.43 Å². The second-order valence-electron chi connectivity index (χ2n) is 3.53. The first-order valence-electron chi connectivity index (χ1n) is 5.17. The van der Waals surface area contributed by atoms with E-state index >= 15 is 0 Å². The van der Waals surface area contributed by atoms with Gasteiger partial charge in [-0.25, -0.2) is 4.79 Å². The van der Waals surface area contributed by atoms with Crippen molar-refractivity contribution in [2.24, 2.45) is 5.10 Å². The first-order chi connectivity index (χ1) is 9.46. The maximum absolute atomic E-state index is 11.7. The van der Waals surface area contributed by atoms with Gasteiger partial charge in [-0.05, 0) is 50.4 Å². The molecular weight excluding hydrogens is 392 g/mol. The summed E-state index contributed by atoms with van der Waals surface area (Å²) in [6.45, 7) is 1.78. The van der Waals surface area contributed by atoms with E-state index in [0.29, 0.717) is 14.6 Å². The molecule has 0 aliphatic rings. The minimum atomic E-state index is -0.531. The molecule has 8 heteroatoms. The van der Waals surface area contributed by atoms with Crippen molar-refractivity contribution < 1.29 is 9.53 Å². The van der Waals surface area contributed by atoms with Crippen molar-refractivity contribution >= 4 is 49.2 Å². The lowest BCUT2D eigenvalue weighted by atomic mass is 10.1. The van der Waals surface area contributed by atoms with Crippen LogP contribution >= 0.6 is 31.9 Å². The molecule has 1 rings (SSSR count). The highest BCUT2D eigenvalue weighted by atomic mass is 79.9. The van der Waals surface area contributed by atoms with Crippen LogP contribution in [0.1, 0.15) is 15.9 Å². The fourth-order valence-electron chi connectivity index (χ4n) is 1.35. The van der Waals surface area contributed by atoms with Gasteiger partial charge >= 0.3 is 5.97 Å². The fraction of sp³-hybridized carbons (Fsp3) is 0.167. The number of nitriles is 2. The van der Waals surface area contributed by atoms with Gasteiger partial charge in [0.2, 0.25) is 5.71 Å². The van der Waals surface area contributed by atoms with Crippen LogP contribution in [-0.2, 0) is 4.74 Å². The Morgan fingerprint density at radius 2 is 2.00 bits per heavy atom. The molecule has 0 amide bonds. The largest absolute Gasteiger partial charge is 0.465 e. The molecule has 1 N–H and O–H groups in total. The molecule has 0 spiro atoms. The predicted octanol–water partition coefficient (Wildman–Crippen LogP) is 3.12. The number of benzene rings is 1. The van der Waals surface area contributed by atoms with E-state index in [2.05, 4.69) is 42.4 Å². The SMILES string of the molecule is COC(=O)c1c(Br)cc(C)c(NN=C(C#N)C#N)c1Br.